The van der Waals surface area contributed by atoms with Crippen LogP contribution < -0.4 is 9.47 Å². The number of benzene rings is 5. The number of hydrogen-bond acceptors (Lipinski definition) is 4. The Morgan fingerprint density at radius 1 is 0.562 bits per heavy atom. The van der Waals surface area contributed by atoms with Gasteiger partial charge in [0.25, 0.3) is 0 Å². The molecule has 5 rings (SSSR count). The van der Waals surface area contributed by atoms with Gasteiger partial charge in [0.2, 0.25) is 0 Å². The van der Waals surface area contributed by atoms with Gasteiger partial charge in [0.05, 0.1) is 0 Å². The van der Waals surface area contributed by atoms with E-state index in [4.69, 9.17) is 9.47 Å². The van der Waals surface area contributed by atoms with E-state index in [1.807, 2.05) is 60.7 Å². The van der Waals surface area contributed by atoms with E-state index >= 15 is 0 Å². The Hall–Kier alpha value is -4.18. The van der Waals surface area contributed by atoms with Gasteiger partial charge >= 0.3 is 11.9 Å². The predicted octanol–water partition coefficient (Wildman–Crippen LogP) is 6.66. The van der Waals surface area contributed by atoms with Gasteiger partial charge in [-0.2, -0.15) is 0 Å². The molecule has 156 valence electrons. The molecule has 4 nitrogen and oxygen atoms in total. The van der Waals surface area contributed by atoms with Gasteiger partial charge in [0, 0.05) is 24.6 Å². The molecule has 0 aromatic heterocycles. The van der Waals surface area contributed by atoms with Gasteiger partial charge < -0.3 is 9.47 Å². The summed E-state index contributed by atoms with van der Waals surface area (Å²) in [5.74, 6) is -0.440. The Morgan fingerprint density at radius 2 is 1.09 bits per heavy atom. The first-order valence-electron chi connectivity index (χ1n) is 10.4. The SMILES string of the molecule is CC(=O)Oc1c(OC(C)=O)c2c3ccccc3c(-c3ccccc3)cc2c2ccccc12. The maximum absolute atomic E-state index is 12.1. The van der Waals surface area contributed by atoms with Gasteiger partial charge in [-0.25, -0.2) is 0 Å². The monoisotopic (exact) mass is 420 g/mol. The molecule has 0 bridgehead atoms. The summed E-state index contributed by atoms with van der Waals surface area (Å²) in [5.41, 5.74) is 2.17. The predicted molar refractivity (Wildman–Crippen MR) is 127 cm³/mol. The average Bonchev–Trinajstić information content (AvgIpc) is 2.80. The Bertz CT molecular complexity index is 1520. The number of esters is 2. The van der Waals surface area contributed by atoms with Crippen LogP contribution in [0.25, 0.3) is 43.4 Å². The molecule has 0 radical (unpaired) electrons. The van der Waals surface area contributed by atoms with E-state index in [9.17, 15) is 9.59 Å². The Labute approximate surface area is 185 Å². The van der Waals surface area contributed by atoms with E-state index in [0.717, 1.165) is 38.1 Å². The van der Waals surface area contributed by atoms with Crippen LogP contribution in [-0.2, 0) is 9.59 Å². The highest BCUT2D eigenvalue weighted by Gasteiger charge is 2.23. The topological polar surface area (TPSA) is 52.6 Å². The Balaban J connectivity index is 2.04. The molecule has 0 heterocycles. The van der Waals surface area contributed by atoms with Crippen molar-refractivity contribution in [2.75, 3.05) is 0 Å². The van der Waals surface area contributed by atoms with E-state index in [1.54, 1.807) is 0 Å². The summed E-state index contributed by atoms with van der Waals surface area (Å²) in [6, 6.07) is 28.0. The lowest BCUT2D eigenvalue weighted by molar-refractivity contribution is -0.134. The van der Waals surface area contributed by atoms with Crippen molar-refractivity contribution in [3.63, 3.8) is 0 Å². The van der Waals surface area contributed by atoms with Crippen molar-refractivity contribution < 1.29 is 19.1 Å². The molecule has 32 heavy (non-hydrogen) atoms. The molecule has 0 unspecified atom stereocenters. The molecule has 0 atom stereocenters. The van der Waals surface area contributed by atoms with Crippen LogP contribution in [0.3, 0.4) is 0 Å². The van der Waals surface area contributed by atoms with Crippen molar-refractivity contribution >= 4 is 44.3 Å². The molecule has 0 aliphatic carbocycles. The second-order valence-electron chi connectivity index (χ2n) is 7.65. The number of hydrogen-bond donors (Lipinski definition) is 0. The Kier molecular flexibility index (Phi) is 4.83. The third-order valence-corrected chi connectivity index (χ3v) is 5.52. The quantitative estimate of drug-likeness (QED) is 0.186. The minimum atomic E-state index is -0.480. The smallest absolute Gasteiger partial charge is 0.308 e. The van der Waals surface area contributed by atoms with Gasteiger partial charge in [-0.1, -0.05) is 78.9 Å². The second kappa shape index (κ2) is 7.82. The zero-order valence-electron chi connectivity index (χ0n) is 17.7. The summed E-state index contributed by atoms with van der Waals surface area (Å²) in [4.78, 5) is 24.1. The van der Waals surface area contributed by atoms with Crippen LogP contribution in [0.2, 0.25) is 0 Å². The summed E-state index contributed by atoms with van der Waals surface area (Å²) >= 11 is 0. The van der Waals surface area contributed by atoms with E-state index in [1.165, 1.54) is 13.8 Å². The molecule has 0 amide bonds. The molecule has 0 aliphatic rings. The molecule has 0 aliphatic heterocycles. The van der Waals surface area contributed by atoms with Gasteiger partial charge in [-0.15, -0.1) is 0 Å². The fraction of sp³-hybridized carbons (Fsp3) is 0.0714. The van der Waals surface area contributed by atoms with Crippen LogP contribution in [0.4, 0.5) is 0 Å². The highest BCUT2D eigenvalue weighted by atomic mass is 16.6. The van der Waals surface area contributed by atoms with Crippen LogP contribution in [-0.4, -0.2) is 11.9 Å². The molecule has 0 spiro atoms. The van der Waals surface area contributed by atoms with Crippen molar-refractivity contribution in [3.8, 4) is 22.6 Å². The van der Waals surface area contributed by atoms with Crippen molar-refractivity contribution in [2.24, 2.45) is 0 Å². The maximum Gasteiger partial charge on any atom is 0.308 e. The minimum Gasteiger partial charge on any atom is -0.422 e. The largest absolute Gasteiger partial charge is 0.422 e. The van der Waals surface area contributed by atoms with E-state index in [-0.39, 0.29) is 11.5 Å². The lowest BCUT2D eigenvalue weighted by Crippen LogP contribution is -2.08. The van der Waals surface area contributed by atoms with E-state index < -0.39 is 11.9 Å². The zero-order valence-corrected chi connectivity index (χ0v) is 17.7. The molecule has 5 aromatic rings. The summed E-state index contributed by atoms with van der Waals surface area (Å²) in [6.07, 6.45) is 0. The molecular formula is C28H20O4. The molecule has 0 N–H and O–H groups in total. The first-order valence-corrected chi connectivity index (χ1v) is 10.4. The van der Waals surface area contributed by atoms with Gasteiger partial charge in [-0.3, -0.25) is 9.59 Å². The van der Waals surface area contributed by atoms with Gasteiger partial charge in [0.15, 0.2) is 11.5 Å². The van der Waals surface area contributed by atoms with Crippen molar-refractivity contribution in [1.29, 1.82) is 0 Å². The highest BCUT2D eigenvalue weighted by molar-refractivity contribution is 6.25. The molecule has 5 aromatic carbocycles. The second-order valence-corrected chi connectivity index (χ2v) is 7.65. The lowest BCUT2D eigenvalue weighted by atomic mass is 9.90. The summed E-state index contributed by atoms with van der Waals surface area (Å²) in [7, 11) is 0. The first-order chi connectivity index (χ1) is 15.5. The molecule has 0 saturated heterocycles. The Morgan fingerprint density at radius 3 is 1.75 bits per heavy atom. The number of ether oxygens (including phenoxy) is 2. The number of rotatable bonds is 3. The number of carbonyl (C=O) groups is 2. The fourth-order valence-electron chi connectivity index (χ4n) is 4.33. The van der Waals surface area contributed by atoms with Crippen molar-refractivity contribution in [1.82, 2.24) is 0 Å². The fourth-order valence-corrected chi connectivity index (χ4v) is 4.33. The van der Waals surface area contributed by atoms with Crippen LogP contribution >= 0.6 is 0 Å². The summed E-state index contributed by atoms with van der Waals surface area (Å²) in [6.45, 7) is 2.69. The maximum atomic E-state index is 12.1. The number of carbonyl (C=O) groups excluding carboxylic acids is 2. The third-order valence-electron chi connectivity index (χ3n) is 5.52. The zero-order chi connectivity index (χ0) is 22.2. The van der Waals surface area contributed by atoms with Crippen molar-refractivity contribution in [3.05, 3.63) is 84.9 Å². The summed E-state index contributed by atoms with van der Waals surface area (Å²) in [5, 5.41) is 5.22. The first kappa shape index (κ1) is 19.8. The highest BCUT2D eigenvalue weighted by Crippen LogP contribution is 2.48. The van der Waals surface area contributed by atoms with Crippen LogP contribution in [0.1, 0.15) is 13.8 Å². The molecule has 0 fully saturated rings. The molecule has 4 heteroatoms. The molecular weight excluding hydrogens is 400 g/mol. The van der Waals surface area contributed by atoms with Gasteiger partial charge in [-0.05, 0) is 38.7 Å². The number of fused-ring (bicyclic) bond motifs is 5. The standard InChI is InChI=1S/C28H20O4/c1-17(29)31-27-23-15-9-7-13-21(23)25-16-24(19-10-4-3-5-11-19)20-12-6-8-14-22(20)26(25)28(27)32-18(2)30/h3-16H,1-2H3. The van der Waals surface area contributed by atoms with Crippen molar-refractivity contribution in [2.45, 2.75) is 13.8 Å². The molecule has 0 saturated carbocycles. The van der Waals surface area contributed by atoms with E-state index in [0.29, 0.717) is 5.39 Å². The van der Waals surface area contributed by atoms with Crippen LogP contribution in [0, 0.1) is 0 Å². The average molecular weight is 420 g/mol. The van der Waals surface area contributed by atoms with E-state index in [2.05, 4.69) is 24.3 Å². The normalized spacial score (nSPS) is 11.1. The van der Waals surface area contributed by atoms with Crippen LogP contribution in [0.15, 0.2) is 84.9 Å². The lowest BCUT2D eigenvalue weighted by Gasteiger charge is -2.19. The van der Waals surface area contributed by atoms with Crippen LogP contribution in [0.5, 0.6) is 11.5 Å². The summed E-state index contributed by atoms with van der Waals surface area (Å²) < 4.78 is 11.3. The van der Waals surface area contributed by atoms with Gasteiger partial charge in [0.1, 0.15) is 0 Å². The third kappa shape index (κ3) is 3.26. The minimum absolute atomic E-state index is 0.258.